The topological polar surface area (TPSA) is 76.8 Å². The van der Waals surface area contributed by atoms with Crippen LogP contribution in [0.15, 0.2) is 46.0 Å². The van der Waals surface area contributed by atoms with Crippen molar-refractivity contribution < 1.29 is 22.8 Å². The summed E-state index contributed by atoms with van der Waals surface area (Å²) in [6.45, 7) is 0. The number of nitro groups is 1. The number of nitro benzene ring substituents is 1. The summed E-state index contributed by atoms with van der Waals surface area (Å²) in [5.74, 6) is 0.510. The number of hydrogen-bond acceptors (Lipinski definition) is 5. The predicted molar refractivity (Wildman–Crippen MR) is 90.0 cm³/mol. The summed E-state index contributed by atoms with van der Waals surface area (Å²) >= 11 is 3.29. The quantitative estimate of drug-likeness (QED) is 0.429. The summed E-state index contributed by atoms with van der Waals surface area (Å²) in [6, 6.07) is 7.29. The molecule has 10 heteroatoms. The van der Waals surface area contributed by atoms with Crippen molar-refractivity contribution in [3.63, 3.8) is 0 Å². The largest absolute Gasteiger partial charge is 0.496 e. The van der Waals surface area contributed by atoms with Crippen LogP contribution in [0.5, 0.6) is 5.75 Å². The summed E-state index contributed by atoms with van der Waals surface area (Å²) in [5, 5.41) is 14.8. The Morgan fingerprint density at radius 3 is 2.60 bits per heavy atom. The van der Waals surface area contributed by atoms with E-state index in [4.69, 9.17) is 4.74 Å². The van der Waals surface area contributed by atoms with Crippen LogP contribution in [0.25, 0.3) is 0 Å². The molecule has 2 rings (SSSR count). The lowest BCUT2D eigenvalue weighted by Gasteiger charge is -2.08. The molecule has 0 aromatic heterocycles. The molecule has 25 heavy (non-hydrogen) atoms. The van der Waals surface area contributed by atoms with E-state index in [1.807, 2.05) is 0 Å². The molecule has 0 saturated carbocycles. The Hall–Kier alpha value is -2.62. The molecule has 0 radical (unpaired) electrons. The Bertz CT molecular complexity index is 825. The van der Waals surface area contributed by atoms with Gasteiger partial charge in [-0.2, -0.15) is 18.3 Å². The molecular weight excluding hydrogens is 407 g/mol. The number of nitrogens with zero attached hydrogens (tertiary/aromatic N) is 2. The van der Waals surface area contributed by atoms with Crippen molar-refractivity contribution in [2.24, 2.45) is 5.10 Å². The van der Waals surface area contributed by atoms with E-state index in [-0.39, 0.29) is 5.69 Å². The fourth-order valence-corrected chi connectivity index (χ4v) is 2.31. The molecule has 2 aromatic rings. The monoisotopic (exact) mass is 417 g/mol. The molecule has 0 heterocycles. The number of methoxy groups -OCH3 is 1. The smallest absolute Gasteiger partial charge is 0.416 e. The minimum Gasteiger partial charge on any atom is -0.496 e. The zero-order valence-corrected chi connectivity index (χ0v) is 14.3. The van der Waals surface area contributed by atoms with Crippen molar-refractivity contribution in [1.29, 1.82) is 0 Å². The number of anilines is 1. The highest BCUT2D eigenvalue weighted by atomic mass is 79.9. The van der Waals surface area contributed by atoms with E-state index in [1.54, 1.807) is 18.2 Å². The third-order valence-corrected chi connectivity index (χ3v) is 3.60. The maximum atomic E-state index is 12.7. The fourth-order valence-electron chi connectivity index (χ4n) is 1.93. The van der Waals surface area contributed by atoms with Gasteiger partial charge in [0.1, 0.15) is 11.4 Å². The van der Waals surface area contributed by atoms with Crippen LogP contribution in [-0.2, 0) is 6.18 Å². The molecule has 2 aromatic carbocycles. The first-order chi connectivity index (χ1) is 11.7. The van der Waals surface area contributed by atoms with Crippen molar-refractivity contribution in [3.05, 3.63) is 62.1 Å². The normalized spacial score (nSPS) is 11.6. The van der Waals surface area contributed by atoms with Crippen LogP contribution in [0.3, 0.4) is 0 Å². The van der Waals surface area contributed by atoms with E-state index in [0.717, 1.165) is 16.6 Å². The zero-order valence-electron chi connectivity index (χ0n) is 12.7. The molecule has 0 unspecified atom stereocenters. The molecule has 0 aliphatic rings. The van der Waals surface area contributed by atoms with Crippen molar-refractivity contribution in [1.82, 2.24) is 0 Å². The van der Waals surface area contributed by atoms with Crippen molar-refractivity contribution >= 4 is 33.5 Å². The predicted octanol–water partition coefficient (Wildman–Crippen LogP) is 4.83. The summed E-state index contributed by atoms with van der Waals surface area (Å²) < 4.78 is 43.9. The van der Waals surface area contributed by atoms with E-state index in [2.05, 4.69) is 26.5 Å². The average molecular weight is 418 g/mol. The van der Waals surface area contributed by atoms with Gasteiger partial charge in [-0.05, 0) is 30.3 Å². The van der Waals surface area contributed by atoms with Crippen molar-refractivity contribution in [2.75, 3.05) is 12.5 Å². The lowest BCUT2D eigenvalue weighted by atomic mass is 10.1. The summed E-state index contributed by atoms with van der Waals surface area (Å²) in [6.07, 6.45) is -3.33. The second-order valence-electron chi connectivity index (χ2n) is 4.74. The molecule has 0 aliphatic heterocycles. The Labute approximate surface area is 148 Å². The first-order valence-electron chi connectivity index (χ1n) is 6.70. The summed E-state index contributed by atoms with van der Waals surface area (Å²) in [7, 11) is 1.47. The van der Waals surface area contributed by atoms with E-state index < -0.39 is 22.4 Å². The zero-order chi connectivity index (χ0) is 18.6. The number of hydrazone groups is 1. The van der Waals surface area contributed by atoms with Crippen LogP contribution in [0, 0.1) is 10.1 Å². The summed E-state index contributed by atoms with van der Waals surface area (Å²) in [4.78, 5) is 10.1. The Morgan fingerprint density at radius 2 is 2.00 bits per heavy atom. The van der Waals surface area contributed by atoms with Crippen molar-refractivity contribution in [3.8, 4) is 5.75 Å². The van der Waals surface area contributed by atoms with Crippen LogP contribution < -0.4 is 10.2 Å². The van der Waals surface area contributed by atoms with E-state index in [9.17, 15) is 23.3 Å². The molecular formula is C15H11BrF3N3O3. The lowest BCUT2D eigenvalue weighted by molar-refractivity contribution is -0.384. The molecule has 0 amide bonds. The molecule has 1 N–H and O–H groups in total. The number of benzene rings is 2. The molecule has 0 bridgehead atoms. The second-order valence-corrected chi connectivity index (χ2v) is 5.66. The van der Waals surface area contributed by atoms with Crippen LogP contribution >= 0.6 is 15.9 Å². The Kier molecular flexibility index (Phi) is 5.62. The molecule has 0 spiro atoms. The van der Waals surface area contributed by atoms with Crippen molar-refractivity contribution in [2.45, 2.75) is 6.18 Å². The summed E-state index contributed by atoms with van der Waals surface area (Å²) in [5.41, 5.74) is 0.949. The highest BCUT2D eigenvalue weighted by Gasteiger charge is 2.33. The van der Waals surface area contributed by atoms with Gasteiger partial charge in [-0.25, -0.2) is 0 Å². The minimum atomic E-state index is -4.67. The molecule has 0 aliphatic carbocycles. The Balaban J connectivity index is 2.29. The first kappa shape index (κ1) is 18.7. The highest BCUT2D eigenvalue weighted by Crippen LogP contribution is 2.35. The van der Waals surface area contributed by atoms with Gasteiger partial charge in [0, 0.05) is 16.1 Å². The maximum Gasteiger partial charge on any atom is 0.416 e. The van der Waals surface area contributed by atoms with Crippen LogP contribution in [0.4, 0.5) is 24.5 Å². The van der Waals surface area contributed by atoms with Gasteiger partial charge in [0.2, 0.25) is 0 Å². The molecule has 0 fully saturated rings. The van der Waals surface area contributed by atoms with E-state index >= 15 is 0 Å². The maximum absolute atomic E-state index is 12.7. The first-order valence-corrected chi connectivity index (χ1v) is 7.50. The van der Waals surface area contributed by atoms with Gasteiger partial charge in [0.05, 0.1) is 23.8 Å². The highest BCUT2D eigenvalue weighted by molar-refractivity contribution is 9.10. The van der Waals surface area contributed by atoms with Gasteiger partial charge in [0.15, 0.2) is 0 Å². The number of ether oxygens (including phenoxy) is 1. The van der Waals surface area contributed by atoms with Gasteiger partial charge < -0.3 is 4.74 Å². The fraction of sp³-hybridized carbons (Fsp3) is 0.133. The van der Waals surface area contributed by atoms with Crippen LogP contribution in [0.2, 0.25) is 0 Å². The van der Waals surface area contributed by atoms with Gasteiger partial charge >= 0.3 is 6.18 Å². The van der Waals surface area contributed by atoms with E-state index in [1.165, 1.54) is 13.3 Å². The van der Waals surface area contributed by atoms with Gasteiger partial charge in [0.25, 0.3) is 5.69 Å². The number of alkyl halides is 3. The average Bonchev–Trinajstić information content (AvgIpc) is 2.54. The SMILES string of the molecule is COc1ccc(Br)cc1/C=N\Nc1ccc(C(F)(F)F)cc1[N+](=O)[O-]. The number of hydrogen-bond donors (Lipinski definition) is 1. The second kappa shape index (κ2) is 7.51. The van der Waals surface area contributed by atoms with E-state index in [0.29, 0.717) is 17.4 Å². The minimum absolute atomic E-state index is 0.164. The van der Waals surface area contributed by atoms with Crippen LogP contribution in [0.1, 0.15) is 11.1 Å². The molecule has 0 atom stereocenters. The number of rotatable bonds is 5. The number of halogens is 4. The van der Waals surface area contributed by atoms with Gasteiger partial charge in [-0.15, -0.1) is 0 Å². The molecule has 6 nitrogen and oxygen atoms in total. The lowest BCUT2D eigenvalue weighted by Crippen LogP contribution is -2.06. The van der Waals surface area contributed by atoms with Gasteiger partial charge in [-0.1, -0.05) is 15.9 Å². The van der Waals surface area contributed by atoms with Crippen LogP contribution in [-0.4, -0.2) is 18.2 Å². The molecule has 132 valence electrons. The third-order valence-electron chi connectivity index (χ3n) is 3.10. The number of nitrogens with one attached hydrogen (secondary N) is 1. The third kappa shape index (κ3) is 4.69. The Morgan fingerprint density at radius 1 is 1.28 bits per heavy atom. The standard InChI is InChI=1S/C15H11BrF3N3O3/c1-25-14-5-3-11(16)6-9(14)8-20-21-12-4-2-10(15(17,18)19)7-13(12)22(23)24/h2-8,21H,1H3/b20-8-. The molecule has 0 saturated heterocycles. The van der Waals surface area contributed by atoms with Gasteiger partial charge in [-0.3, -0.25) is 15.5 Å².